The highest BCUT2D eigenvalue weighted by atomic mass is 35.5. The standard InChI is InChI=1S/C12H12ClN3O2/c1-2-7-6-14-16-11(7)15-12(18)8-3-4-10(17)9(13)5-8/h3-6,17H,2H2,1H3,(H2,14,15,16,18). The molecule has 1 aromatic heterocycles. The summed E-state index contributed by atoms with van der Waals surface area (Å²) in [5.41, 5.74) is 1.29. The molecule has 0 radical (unpaired) electrons. The number of aromatic amines is 1. The average Bonchev–Trinajstić information content (AvgIpc) is 2.79. The third kappa shape index (κ3) is 2.46. The van der Waals surface area contributed by atoms with Crippen LogP contribution in [0.15, 0.2) is 24.4 Å². The van der Waals surface area contributed by atoms with Crippen LogP contribution in [0.4, 0.5) is 5.82 Å². The van der Waals surface area contributed by atoms with Crippen molar-refractivity contribution in [3.05, 3.63) is 40.5 Å². The molecule has 5 nitrogen and oxygen atoms in total. The van der Waals surface area contributed by atoms with Crippen LogP contribution in [0.25, 0.3) is 0 Å². The van der Waals surface area contributed by atoms with Crippen molar-refractivity contribution in [1.29, 1.82) is 0 Å². The largest absolute Gasteiger partial charge is 0.506 e. The van der Waals surface area contributed by atoms with Gasteiger partial charge in [-0.3, -0.25) is 9.89 Å². The zero-order chi connectivity index (χ0) is 13.1. The first kappa shape index (κ1) is 12.4. The molecule has 94 valence electrons. The summed E-state index contributed by atoms with van der Waals surface area (Å²) in [4.78, 5) is 11.9. The highest BCUT2D eigenvalue weighted by molar-refractivity contribution is 6.32. The fourth-order valence-corrected chi connectivity index (χ4v) is 1.70. The minimum Gasteiger partial charge on any atom is -0.506 e. The molecule has 0 aliphatic carbocycles. The first-order chi connectivity index (χ1) is 8.61. The smallest absolute Gasteiger partial charge is 0.256 e. The molecule has 1 aromatic carbocycles. The van der Waals surface area contributed by atoms with E-state index in [1.165, 1.54) is 18.2 Å². The summed E-state index contributed by atoms with van der Waals surface area (Å²) in [5, 5.41) is 18.7. The number of phenolic OH excluding ortho intramolecular Hbond substituents is 1. The summed E-state index contributed by atoms with van der Waals surface area (Å²) >= 11 is 5.75. The Morgan fingerprint density at radius 1 is 1.56 bits per heavy atom. The Morgan fingerprint density at radius 2 is 2.33 bits per heavy atom. The molecule has 0 saturated heterocycles. The maximum Gasteiger partial charge on any atom is 0.256 e. The van der Waals surface area contributed by atoms with Crippen LogP contribution in [0.5, 0.6) is 5.75 Å². The molecule has 0 bridgehead atoms. The Balaban J connectivity index is 2.19. The van der Waals surface area contributed by atoms with Gasteiger partial charge in [-0.25, -0.2) is 0 Å². The number of halogens is 1. The topological polar surface area (TPSA) is 78.0 Å². The highest BCUT2D eigenvalue weighted by Crippen LogP contribution is 2.24. The number of anilines is 1. The van der Waals surface area contributed by atoms with E-state index in [1.807, 2.05) is 6.92 Å². The summed E-state index contributed by atoms with van der Waals surface area (Å²) in [7, 11) is 0. The zero-order valence-corrected chi connectivity index (χ0v) is 10.5. The number of rotatable bonds is 3. The molecule has 1 amide bonds. The van der Waals surface area contributed by atoms with Gasteiger partial charge in [-0.1, -0.05) is 18.5 Å². The van der Waals surface area contributed by atoms with E-state index in [0.29, 0.717) is 11.4 Å². The Kier molecular flexibility index (Phi) is 3.53. The molecule has 6 heteroatoms. The molecule has 0 spiro atoms. The van der Waals surface area contributed by atoms with Crippen LogP contribution in [0.2, 0.25) is 5.02 Å². The number of carbonyl (C=O) groups is 1. The highest BCUT2D eigenvalue weighted by Gasteiger charge is 2.11. The number of amides is 1. The van der Waals surface area contributed by atoms with Gasteiger partial charge in [0.25, 0.3) is 5.91 Å². The molecule has 18 heavy (non-hydrogen) atoms. The van der Waals surface area contributed by atoms with Crippen LogP contribution < -0.4 is 5.32 Å². The average molecular weight is 266 g/mol. The third-order valence-corrected chi connectivity index (χ3v) is 2.85. The number of aromatic hydroxyl groups is 1. The van der Waals surface area contributed by atoms with Gasteiger partial charge in [0.15, 0.2) is 0 Å². The molecule has 1 heterocycles. The molecule has 2 rings (SSSR count). The van der Waals surface area contributed by atoms with E-state index in [1.54, 1.807) is 6.20 Å². The summed E-state index contributed by atoms with van der Waals surface area (Å²) < 4.78 is 0. The van der Waals surface area contributed by atoms with Crippen molar-refractivity contribution in [2.24, 2.45) is 0 Å². The Labute approximate surface area is 109 Å². The lowest BCUT2D eigenvalue weighted by molar-refractivity contribution is 0.102. The first-order valence-corrected chi connectivity index (χ1v) is 5.81. The summed E-state index contributed by atoms with van der Waals surface area (Å²) in [5.74, 6) is 0.214. The Bertz CT molecular complexity index is 580. The van der Waals surface area contributed by atoms with Gasteiger partial charge in [-0.2, -0.15) is 5.10 Å². The molecule has 3 N–H and O–H groups in total. The van der Waals surface area contributed by atoms with Crippen LogP contribution in [-0.4, -0.2) is 21.2 Å². The number of aromatic nitrogens is 2. The summed E-state index contributed by atoms with van der Waals surface area (Å²) in [6.45, 7) is 1.97. The number of hydrogen-bond acceptors (Lipinski definition) is 3. The van der Waals surface area contributed by atoms with Gasteiger partial charge in [0.05, 0.1) is 11.2 Å². The Hall–Kier alpha value is -2.01. The van der Waals surface area contributed by atoms with E-state index in [-0.39, 0.29) is 16.7 Å². The van der Waals surface area contributed by atoms with Crippen LogP contribution in [0.1, 0.15) is 22.8 Å². The lowest BCUT2D eigenvalue weighted by Gasteiger charge is -2.05. The van der Waals surface area contributed by atoms with Gasteiger partial charge >= 0.3 is 0 Å². The normalized spacial score (nSPS) is 10.3. The van der Waals surface area contributed by atoms with Gasteiger partial charge in [0.2, 0.25) is 0 Å². The van der Waals surface area contributed by atoms with Gasteiger partial charge in [-0.15, -0.1) is 0 Å². The third-order valence-electron chi connectivity index (χ3n) is 2.55. The van der Waals surface area contributed by atoms with Crippen molar-refractivity contribution in [2.75, 3.05) is 5.32 Å². The number of H-pyrrole nitrogens is 1. The summed E-state index contributed by atoms with van der Waals surface area (Å²) in [6.07, 6.45) is 2.43. The predicted molar refractivity (Wildman–Crippen MR) is 69.0 cm³/mol. The van der Waals surface area contributed by atoms with E-state index >= 15 is 0 Å². The van der Waals surface area contributed by atoms with E-state index in [2.05, 4.69) is 15.5 Å². The lowest BCUT2D eigenvalue weighted by Crippen LogP contribution is -2.13. The fraction of sp³-hybridized carbons (Fsp3) is 0.167. The second-order valence-electron chi connectivity index (χ2n) is 3.74. The molecule has 0 atom stereocenters. The van der Waals surface area contributed by atoms with Crippen molar-refractivity contribution < 1.29 is 9.90 Å². The molecule has 0 fully saturated rings. The van der Waals surface area contributed by atoms with Crippen LogP contribution in [-0.2, 0) is 6.42 Å². The number of nitrogens with zero attached hydrogens (tertiary/aromatic N) is 1. The fourth-order valence-electron chi connectivity index (χ4n) is 1.52. The van der Waals surface area contributed by atoms with Gasteiger partial charge in [0, 0.05) is 11.1 Å². The SMILES string of the molecule is CCc1cn[nH]c1NC(=O)c1ccc(O)c(Cl)c1. The van der Waals surface area contributed by atoms with Crippen molar-refractivity contribution in [3.8, 4) is 5.75 Å². The second-order valence-corrected chi connectivity index (χ2v) is 4.15. The van der Waals surface area contributed by atoms with E-state index < -0.39 is 0 Å². The van der Waals surface area contributed by atoms with Crippen molar-refractivity contribution >= 4 is 23.3 Å². The Morgan fingerprint density at radius 3 is 3.00 bits per heavy atom. The maximum atomic E-state index is 11.9. The van der Waals surface area contributed by atoms with E-state index in [9.17, 15) is 9.90 Å². The van der Waals surface area contributed by atoms with Crippen molar-refractivity contribution in [3.63, 3.8) is 0 Å². The van der Waals surface area contributed by atoms with Crippen LogP contribution >= 0.6 is 11.6 Å². The van der Waals surface area contributed by atoms with Gasteiger partial charge < -0.3 is 10.4 Å². The number of nitrogens with one attached hydrogen (secondary N) is 2. The first-order valence-electron chi connectivity index (χ1n) is 5.44. The number of phenols is 1. The molecule has 0 aliphatic heterocycles. The molecular formula is C12H12ClN3O2. The minimum atomic E-state index is -0.309. The minimum absolute atomic E-state index is 0.0518. The molecule has 0 unspecified atom stereocenters. The maximum absolute atomic E-state index is 11.9. The molecule has 0 saturated carbocycles. The van der Waals surface area contributed by atoms with Crippen molar-refractivity contribution in [1.82, 2.24) is 10.2 Å². The van der Waals surface area contributed by atoms with Gasteiger partial charge in [-0.05, 0) is 24.6 Å². The summed E-state index contributed by atoms with van der Waals surface area (Å²) in [6, 6.07) is 4.29. The van der Waals surface area contributed by atoms with E-state index in [4.69, 9.17) is 11.6 Å². The quantitative estimate of drug-likeness (QED) is 0.798. The number of hydrogen-bond donors (Lipinski definition) is 3. The van der Waals surface area contributed by atoms with Crippen molar-refractivity contribution in [2.45, 2.75) is 13.3 Å². The molecular weight excluding hydrogens is 254 g/mol. The number of carbonyl (C=O) groups excluding carboxylic acids is 1. The zero-order valence-electron chi connectivity index (χ0n) is 9.70. The molecule has 2 aromatic rings. The monoisotopic (exact) mass is 265 g/mol. The lowest BCUT2D eigenvalue weighted by atomic mass is 10.2. The second kappa shape index (κ2) is 5.10. The predicted octanol–water partition coefficient (Wildman–Crippen LogP) is 2.58. The van der Waals surface area contributed by atoms with Gasteiger partial charge in [0.1, 0.15) is 11.6 Å². The van der Waals surface area contributed by atoms with E-state index in [0.717, 1.165) is 12.0 Å². The number of aryl methyl sites for hydroxylation is 1. The van der Waals surface area contributed by atoms with Crippen LogP contribution in [0, 0.1) is 0 Å². The number of benzene rings is 1. The molecule has 0 aliphatic rings. The van der Waals surface area contributed by atoms with Crippen LogP contribution in [0.3, 0.4) is 0 Å².